The number of Topliss-reactive ketones (excluding diaryl/α,β-unsaturated/α-hetero) is 1. The first-order valence-corrected chi connectivity index (χ1v) is 5.56. The summed E-state index contributed by atoms with van der Waals surface area (Å²) >= 11 is 0. The molecule has 1 aromatic rings. The van der Waals surface area contributed by atoms with E-state index >= 15 is 0 Å². The predicted octanol–water partition coefficient (Wildman–Crippen LogP) is 1.76. The molecule has 0 radical (unpaired) electrons. The van der Waals surface area contributed by atoms with Crippen LogP contribution >= 0.6 is 0 Å². The Morgan fingerprint density at radius 1 is 1.53 bits per heavy atom. The van der Waals surface area contributed by atoms with E-state index in [0.29, 0.717) is 24.2 Å². The first kappa shape index (κ1) is 11.6. The van der Waals surface area contributed by atoms with E-state index in [1.807, 2.05) is 6.07 Å². The Balaban J connectivity index is 2.32. The van der Waals surface area contributed by atoms with Gasteiger partial charge in [0.25, 0.3) is 0 Å². The number of ketones is 1. The molecule has 2 rings (SSSR count). The third kappa shape index (κ3) is 2.16. The minimum Gasteiger partial charge on any atom is -0.497 e. The second-order valence-electron chi connectivity index (χ2n) is 3.94. The van der Waals surface area contributed by atoms with Gasteiger partial charge in [-0.05, 0) is 17.7 Å². The first-order chi connectivity index (χ1) is 8.15. The van der Waals surface area contributed by atoms with Gasteiger partial charge in [-0.25, -0.2) is 4.79 Å². The number of hydrogen-bond donors (Lipinski definition) is 0. The van der Waals surface area contributed by atoms with E-state index in [-0.39, 0.29) is 5.78 Å². The standard InChI is InChI=1S/C13H14O4/c1-3-11(14)12-6-8-4-5-9(16-2)7-10(8)13(15)17-12/h4-5,7,12H,3,6H2,1-2H3. The Bertz CT molecular complexity index is 464. The van der Waals surface area contributed by atoms with E-state index < -0.39 is 12.1 Å². The highest BCUT2D eigenvalue weighted by molar-refractivity contribution is 5.96. The molecule has 0 aliphatic carbocycles. The summed E-state index contributed by atoms with van der Waals surface area (Å²) in [6.07, 6.45) is 0.203. The summed E-state index contributed by atoms with van der Waals surface area (Å²) in [6, 6.07) is 5.24. The lowest BCUT2D eigenvalue weighted by Crippen LogP contribution is -2.33. The number of methoxy groups -OCH3 is 1. The van der Waals surface area contributed by atoms with Crippen LogP contribution < -0.4 is 4.74 Å². The van der Waals surface area contributed by atoms with Crippen molar-refractivity contribution >= 4 is 11.8 Å². The van der Waals surface area contributed by atoms with Crippen molar-refractivity contribution in [3.63, 3.8) is 0 Å². The smallest absolute Gasteiger partial charge is 0.339 e. The summed E-state index contributed by atoms with van der Waals surface area (Å²) in [7, 11) is 1.54. The molecule has 4 heteroatoms. The summed E-state index contributed by atoms with van der Waals surface area (Å²) in [5, 5.41) is 0. The molecule has 4 nitrogen and oxygen atoms in total. The molecule has 17 heavy (non-hydrogen) atoms. The highest BCUT2D eigenvalue weighted by Gasteiger charge is 2.30. The van der Waals surface area contributed by atoms with Gasteiger partial charge in [-0.2, -0.15) is 0 Å². The fourth-order valence-electron chi connectivity index (χ4n) is 1.89. The van der Waals surface area contributed by atoms with E-state index in [1.165, 1.54) is 0 Å². The van der Waals surface area contributed by atoms with Crippen LogP contribution in [-0.2, 0) is 16.0 Å². The molecule has 0 saturated carbocycles. The van der Waals surface area contributed by atoms with Gasteiger partial charge in [-0.1, -0.05) is 13.0 Å². The second-order valence-corrected chi connectivity index (χ2v) is 3.94. The molecule has 1 heterocycles. The zero-order valence-electron chi connectivity index (χ0n) is 9.86. The van der Waals surface area contributed by atoms with Gasteiger partial charge >= 0.3 is 5.97 Å². The SMILES string of the molecule is CCC(=O)C1Cc2ccc(OC)cc2C(=O)O1. The fourth-order valence-corrected chi connectivity index (χ4v) is 1.89. The summed E-state index contributed by atoms with van der Waals surface area (Å²) in [5.41, 5.74) is 1.33. The lowest BCUT2D eigenvalue weighted by molar-refractivity contribution is -0.127. The van der Waals surface area contributed by atoms with E-state index in [1.54, 1.807) is 26.2 Å². The number of carbonyl (C=O) groups excluding carboxylic acids is 2. The highest BCUT2D eigenvalue weighted by Crippen LogP contribution is 2.25. The molecule has 0 bridgehead atoms. The van der Waals surface area contributed by atoms with Crippen molar-refractivity contribution < 1.29 is 19.1 Å². The summed E-state index contributed by atoms with van der Waals surface area (Å²) in [5.74, 6) is 0.123. The van der Waals surface area contributed by atoms with Crippen LogP contribution in [-0.4, -0.2) is 25.0 Å². The monoisotopic (exact) mass is 234 g/mol. The lowest BCUT2D eigenvalue weighted by Gasteiger charge is -2.23. The Labute approximate surface area is 99.5 Å². The van der Waals surface area contributed by atoms with Gasteiger partial charge in [0.2, 0.25) is 0 Å². The van der Waals surface area contributed by atoms with Gasteiger partial charge in [0.15, 0.2) is 11.9 Å². The van der Waals surface area contributed by atoms with Crippen LogP contribution in [0.5, 0.6) is 5.75 Å². The van der Waals surface area contributed by atoms with Gasteiger partial charge in [0, 0.05) is 12.8 Å². The Kier molecular flexibility index (Phi) is 3.13. The average Bonchev–Trinajstić information content (AvgIpc) is 2.37. The number of rotatable bonds is 3. The molecular formula is C13H14O4. The zero-order chi connectivity index (χ0) is 12.4. The van der Waals surface area contributed by atoms with Crippen molar-refractivity contribution in [1.82, 2.24) is 0 Å². The van der Waals surface area contributed by atoms with Gasteiger partial charge in [0.05, 0.1) is 12.7 Å². The van der Waals surface area contributed by atoms with Crippen LogP contribution in [0.3, 0.4) is 0 Å². The van der Waals surface area contributed by atoms with Crippen molar-refractivity contribution in [3.8, 4) is 5.75 Å². The highest BCUT2D eigenvalue weighted by atomic mass is 16.5. The number of ether oxygens (including phenoxy) is 2. The summed E-state index contributed by atoms with van der Waals surface area (Å²) in [4.78, 5) is 23.3. The molecule has 0 N–H and O–H groups in total. The third-order valence-corrected chi connectivity index (χ3v) is 2.90. The third-order valence-electron chi connectivity index (χ3n) is 2.90. The Morgan fingerprint density at radius 2 is 2.29 bits per heavy atom. The minimum absolute atomic E-state index is 0.0418. The average molecular weight is 234 g/mol. The number of cyclic esters (lactones) is 1. The maximum Gasteiger partial charge on any atom is 0.339 e. The van der Waals surface area contributed by atoms with Crippen LogP contribution in [0.15, 0.2) is 18.2 Å². The van der Waals surface area contributed by atoms with Crippen molar-refractivity contribution in [1.29, 1.82) is 0 Å². The van der Waals surface area contributed by atoms with E-state index in [0.717, 1.165) is 5.56 Å². The maximum absolute atomic E-state index is 11.8. The quantitative estimate of drug-likeness (QED) is 0.748. The molecule has 0 amide bonds. The molecule has 0 saturated heterocycles. The molecule has 0 spiro atoms. The van der Waals surface area contributed by atoms with Gasteiger partial charge in [0.1, 0.15) is 5.75 Å². The van der Waals surface area contributed by atoms with Crippen LogP contribution in [0.1, 0.15) is 29.3 Å². The lowest BCUT2D eigenvalue weighted by atomic mass is 9.96. The van der Waals surface area contributed by atoms with Crippen LogP contribution in [0.25, 0.3) is 0 Å². The number of esters is 1. The normalized spacial score (nSPS) is 18.2. The van der Waals surface area contributed by atoms with E-state index in [4.69, 9.17) is 9.47 Å². The molecular weight excluding hydrogens is 220 g/mol. The van der Waals surface area contributed by atoms with Crippen LogP contribution in [0, 0.1) is 0 Å². The van der Waals surface area contributed by atoms with Gasteiger partial charge in [-0.3, -0.25) is 4.79 Å². The maximum atomic E-state index is 11.8. The first-order valence-electron chi connectivity index (χ1n) is 5.56. The van der Waals surface area contributed by atoms with Crippen LogP contribution in [0.2, 0.25) is 0 Å². The number of hydrogen-bond acceptors (Lipinski definition) is 4. The topological polar surface area (TPSA) is 52.6 Å². The van der Waals surface area contributed by atoms with E-state index in [2.05, 4.69) is 0 Å². The molecule has 1 aliphatic rings. The molecule has 1 unspecified atom stereocenters. The van der Waals surface area contributed by atoms with E-state index in [9.17, 15) is 9.59 Å². The second kappa shape index (κ2) is 4.57. The van der Waals surface area contributed by atoms with Crippen LogP contribution in [0.4, 0.5) is 0 Å². The summed E-state index contributed by atoms with van der Waals surface area (Å²) < 4.78 is 10.2. The van der Waals surface area contributed by atoms with Crippen molar-refractivity contribution in [2.24, 2.45) is 0 Å². The molecule has 0 aromatic heterocycles. The number of fused-ring (bicyclic) bond motifs is 1. The molecule has 1 atom stereocenters. The van der Waals surface area contributed by atoms with Crippen molar-refractivity contribution in [3.05, 3.63) is 29.3 Å². The Morgan fingerprint density at radius 3 is 2.94 bits per heavy atom. The minimum atomic E-state index is -0.631. The number of benzene rings is 1. The zero-order valence-corrected chi connectivity index (χ0v) is 9.86. The molecule has 1 aromatic carbocycles. The van der Waals surface area contributed by atoms with Crippen molar-refractivity contribution in [2.75, 3.05) is 7.11 Å². The molecule has 0 fully saturated rings. The van der Waals surface area contributed by atoms with Gasteiger partial charge in [-0.15, -0.1) is 0 Å². The number of carbonyl (C=O) groups is 2. The fraction of sp³-hybridized carbons (Fsp3) is 0.385. The Hall–Kier alpha value is -1.84. The molecule has 1 aliphatic heterocycles. The van der Waals surface area contributed by atoms with Crippen molar-refractivity contribution in [2.45, 2.75) is 25.9 Å². The molecule has 90 valence electrons. The summed E-state index contributed by atoms with van der Waals surface area (Å²) in [6.45, 7) is 1.76. The predicted molar refractivity (Wildman–Crippen MR) is 61.2 cm³/mol. The largest absolute Gasteiger partial charge is 0.497 e. The van der Waals surface area contributed by atoms with Gasteiger partial charge < -0.3 is 9.47 Å².